The molecular weight excluding hydrogens is 430 g/mol. The summed E-state index contributed by atoms with van der Waals surface area (Å²) < 4.78 is 12.2. The van der Waals surface area contributed by atoms with E-state index >= 15 is 0 Å². The number of carbonyl (C=O) groups is 2. The van der Waals surface area contributed by atoms with Crippen molar-refractivity contribution in [1.29, 1.82) is 0 Å². The van der Waals surface area contributed by atoms with Gasteiger partial charge in [0, 0.05) is 13.8 Å². The number of thiazole rings is 1. The largest absolute Gasteiger partial charge is 0.426 e. The lowest BCUT2D eigenvalue weighted by Crippen LogP contribution is -2.23. The first-order valence-corrected chi connectivity index (χ1v) is 10.5. The highest BCUT2D eigenvalue weighted by molar-refractivity contribution is 7.15. The van der Waals surface area contributed by atoms with Gasteiger partial charge in [0.1, 0.15) is 11.5 Å². The molecule has 2 aromatic heterocycles. The zero-order chi connectivity index (χ0) is 23.0. The number of aromatic nitrogens is 3. The summed E-state index contributed by atoms with van der Waals surface area (Å²) in [6, 6.07) is 10.6. The quantitative estimate of drug-likeness (QED) is 0.349. The molecule has 32 heavy (non-hydrogen) atoms. The van der Waals surface area contributed by atoms with Crippen molar-refractivity contribution in [2.45, 2.75) is 27.7 Å². The predicted octanol–water partition coefficient (Wildman–Crippen LogP) is 2.83. The Hall–Kier alpha value is -3.85. The molecule has 0 spiro atoms. The van der Waals surface area contributed by atoms with E-state index in [9.17, 15) is 14.4 Å². The van der Waals surface area contributed by atoms with Gasteiger partial charge in [0.05, 0.1) is 10.1 Å². The number of benzene rings is 2. The van der Waals surface area contributed by atoms with Crippen molar-refractivity contribution >= 4 is 34.3 Å². The topological polar surface area (TPSA) is 99.9 Å². The summed E-state index contributed by atoms with van der Waals surface area (Å²) in [6.45, 7) is 6.36. The highest BCUT2D eigenvalue weighted by atomic mass is 32.1. The van der Waals surface area contributed by atoms with Crippen LogP contribution in [0.5, 0.6) is 11.5 Å². The molecule has 0 radical (unpaired) electrons. The molecule has 0 saturated heterocycles. The Morgan fingerprint density at radius 3 is 2.31 bits per heavy atom. The minimum absolute atomic E-state index is 0.298. The van der Waals surface area contributed by atoms with Gasteiger partial charge in [0.25, 0.3) is 5.56 Å². The van der Waals surface area contributed by atoms with Gasteiger partial charge in [-0.25, -0.2) is 0 Å². The minimum atomic E-state index is -0.454. The molecule has 0 atom stereocenters. The Kier molecular flexibility index (Phi) is 5.58. The second-order valence-corrected chi connectivity index (χ2v) is 8.22. The van der Waals surface area contributed by atoms with Gasteiger partial charge in [-0.05, 0) is 60.9 Å². The molecule has 0 aliphatic heterocycles. The lowest BCUT2D eigenvalue weighted by Gasteiger charge is -2.10. The fraction of sp³-hybridized carbons (Fsp3) is 0.174. The molecule has 4 aromatic rings. The van der Waals surface area contributed by atoms with Crippen LogP contribution in [0, 0.1) is 13.8 Å². The van der Waals surface area contributed by atoms with E-state index in [-0.39, 0.29) is 11.5 Å². The molecule has 0 saturated carbocycles. The Balaban J connectivity index is 1.75. The number of fused-ring (bicyclic) bond motifs is 1. The average molecular weight is 449 g/mol. The van der Waals surface area contributed by atoms with Crippen LogP contribution in [-0.2, 0) is 9.59 Å². The van der Waals surface area contributed by atoms with Gasteiger partial charge in [-0.2, -0.15) is 9.50 Å². The SMILES string of the molecule is CC(=O)Oc1ccccc1-c1nc2sc(=Cc3cc(C)c(OC(C)=O)c(C)c3)c(=O)n2n1. The van der Waals surface area contributed by atoms with Crippen molar-refractivity contribution in [2.75, 3.05) is 0 Å². The molecule has 8 nitrogen and oxygen atoms in total. The number of hydrogen-bond acceptors (Lipinski definition) is 8. The normalized spacial score (nSPS) is 11.7. The van der Waals surface area contributed by atoms with E-state index < -0.39 is 5.97 Å². The van der Waals surface area contributed by atoms with E-state index in [0.717, 1.165) is 16.7 Å². The second kappa shape index (κ2) is 8.35. The lowest BCUT2D eigenvalue weighted by molar-refractivity contribution is -0.132. The van der Waals surface area contributed by atoms with Crippen LogP contribution in [0.15, 0.2) is 41.2 Å². The van der Waals surface area contributed by atoms with E-state index in [1.165, 1.54) is 29.7 Å². The number of carbonyl (C=O) groups excluding carboxylic acids is 2. The molecule has 2 heterocycles. The number of para-hydroxylation sites is 1. The van der Waals surface area contributed by atoms with Crippen LogP contribution >= 0.6 is 11.3 Å². The number of aryl methyl sites for hydroxylation is 2. The lowest BCUT2D eigenvalue weighted by atomic mass is 10.1. The summed E-state index contributed by atoms with van der Waals surface area (Å²) in [4.78, 5) is 40.5. The van der Waals surface area contributed by atoms with Crippen molar-refractivity contribution in [3.05, 3.63) is 68.0 Å². The maximum Gasteiger partial charge on any atom is 0.308 e. The van der Waals surface area contributed by atoms with Crippen LogP contribution in [0.3, 0.4) is 0 Å². The van der Waals surface area contributed by atoms with Crippen LogP contribution in [0.1, 0.15) is 30.5 Å². The van der Waals surface area contributed by atoms with E-state index in [1.54, 1.807) is 30.3 Å². The highest BCUT2D eigenvalue weighted by Gasteiger charge is 2.16. The molecule has 0 aliphatic rings. The first-order valence-electron chi connectivity index (χ1n) is 9.71. The Morgan fingerprint density at radius 2 is 1.69 bits per heavy atom. The molecule has 0 fully saturated rings. The molecule has 0 aliphatic carbocycles. The van der Waals surface area contributed by atoms with E-state index in [1.807, 2.05) is 26.0 Å². The van der Waals surface area contributed by atoms with Crippen molar-refractivity contribution in [3.63, 3.8) is 0 Å². The molecule has 162 valence electrons. The summed E-state index contributed by atoms with van der Waals surface area (Å²) in [7, 11) is 0. The van der Waals surface area contributed by atoms with Crippen LogP contribution < -0.4 is 19.6 Å². The first-order chi connectivity index (χ1) is 15.2. The van der Waals surface area contributed by atoms with Crippen molar-refractivity contribution in [1.82, 2.24) is 14.6 Å². The number of esters is 2. The summed E-state index contributed by atoms with van der Waals surface area (Å²) in [5.41, 5.74) is 2.62. The zero-order valence-corrected chi connectivity index (χ0v) is 18.6. The molecule has 4 rings (SSSR count). The zero-order valence-electron chi connectivity index (χ0n) is 17.8. The molecule has 2 aromatic carbocycles. The predicted molar refractivity (Wildman–Crippen MR) is 120 cm³/mol. The van der Waals surface area contributed by atoms with Gasteiger partial charge in [0.15, 0.2) is 5.82 Å². The number of nitrogens with zero attached hydrogens (tertiary/aromatic N) is 3. The molecular formula is C23H19N3O5S. The Labute approximate surface area is 186 Å². The Morgan fingerprint density at radius 1 is 1.03 bits per heavy atom. The fourth-order valence-corrected chi connectivity index (χ4v) is 4.27. The third kappa shape index (κ3) is 4.15. The maximum absolute atomic E-state index is 12.9. The first kappa shape index (κ1) is 21.4. The van der Waals surface area contributed by atoms with E-state index in [0.29, 0.717) is 32.4 Å². The fourth-order valence-electron chi connectivity index (χ4n) is 3.37. The average Bonchev–Trinajstić information content (AvgIpc) is 3.24. The third-order valence-corrected chi connectivity index (χ3v) is 5.55. The van der Waals surface area contributed by atoms with Gasteiger partial charge in [-0.1, -0.05) is 23.5 Å². The standard InChI is InChI=1S/C23H19N3O5S/c1-12-9-16(10-13(2)20(12)31-15(4)28)11-19-22(29)26-23(32-19)24-21(25-26)17-7-5-6-8-18(17)30-14(3)27/h5-11H,1-4H3. The molecule has 0 unspecified atom stereocenters. The second-order valence-electron chi connectivity index (χ2n) is 7.21. The van der Waals surface area contributed by atoms with Gasteiger partial charge in [0.2, 0.25) is 4.96 Å². The molecule has 0 N–H and O–H groups in total. The minimum Gasteiger partial charge on any atom is -0.426 e. The number of rotatable bonds is 4. The van der Waals surface area contributed by atoms with Crippen LogP contribution in [0.25, 0.3) is 22.4 Å². The van der Waals surface area contributed by atoms with Crippen molar-refractivity contribution in [2.24, 2.45) is 0 Å². The van der Waals surface area contributed by atoms with E-state index in [2.05, 4.69) is 10.1 Å². The van der Waals surface area contributed by atoms with Crippen LogP contribution in [-0.4, -0.2) is 26.5 Å². The van der Waals surface area contributed by atoms with Crippen LogP contribution in [0.2, 0.25) is 0 Å². The van der Waals surface area contributed by atoms with Crippen molar-refractivity contribution in [3.8, 4) is 22.9 Å². The summed E-state index contributed by atoms with van der Waals surface area (Å²) >= 11 is 1.21. The summed E-state index contributed by atoms with van der Waals surface area (Å²) in [6.07, 6.45) is 1.76. The monoisotopic (exact) mass is 449 g/mol. The third-order valence-electron chi connectivity index (χ3n) is 4.59. The summed E-state index contributed by atoms with van der Waals surface area (Å²) in [5, 5.41) is 4.33. The molecule has 0 amide bonds. The maximum atomic E-state index is 12.9. The number of ether oxygens (including phenoxy) is 2. The Bertz CT molecular complexity index is 1460. The van der Waals surface area contributed by atoms with Gasteiger partial charge < -0.3 is 9.47 Å². The van der Waals surface area contributed by atoms with Gasteiger partial charge in [-0.3, -0.25) is 14.4 Å². The van der Waals surface area contributed by atoms with Gasteiger partial charge in [-0.15, -0.1) is 5.10 Å². The smallest absolute Gasteiger partial charge is 0.308 e. The molecule has 9 heteroatoms. The van der Waals surface area contributed by atoms with Crippen LogP contribution in [0.4, 0.5) is 0 Å². The van der Waals surface area contributed by atoms with Crippen molar-refractivity contribution < 1.29 is 19.1 Å². The highest BCUT2D eigenvalue weighted by Crippen LogP contribution is 2.28. The molecule has 0 bridgehead atoms. The summed E-state index contributed by atoms with van der Waals surface area (Å²) in [5.74, 6) is 0.317. The van der Waals surface area contributed by atoms with E-state index in [4.69, 9.17) is 9.47 Å². The van der Waals surface area contributed by atoms with Gasteiger partial charge >= 0.3 is 11.9 Å². The number of hydrogen-bond donors (Lipinski definition) is 0.